The summed E-state index contributed by atoms with van der Waals surface area (Å²) in [6.45, 7) is 3.25. The number of fused-ring (bicyclic) bond motifs is 1. The van der Waals surface area contributed by atoms with E-state index in [-0.39, 0.29) is 0 Å². The molecule has 4 rings (SSSR count). The maximum Gasteiger partial charge on any atom is 0.259 e. The molecule has 126 valence electrons. The second-order valence-corrected chi connectivity index (χ2v) is 6.49. The number of hydrogen-bond donors (Lipinski definition) is 3. The summed E-state index contributed by atoms with van der Waals surface area (Å²) in [4.78, 5) is 13.2. The Kier molecular flexibility index (Phi) is 3.23. The van der Waals surface area contributed by atoms with Crippen molar-refractivity contribution in [2.24, 2.45) is 0 Å². The Balaban J connectivity index is 1.88. The topological polar surface area (TPSA) is 78.6 Å². The van der Waals surface area contributed by atoms with Gasteiger partial charge in [0.1, 0.15) is 11.1 Å². The second-order valence-electron chi connectivity index (χ2n) is 6.49. The van der Waals surface area contributed by atoms with Crippen molar-refractivity contribution in [1.82, 2.24) is 25.6 Å². The van der Waals surface area contributed by atoms with Crippen molar-refractivity contribution in [2.75, 3.05) is 0 Å². The summed E-state index contributed by atoms with van der Waals surface area (Å²) >= 11 is 0. The van der Waals surface area contributed by atoms with Gasteiger partial charge >= 0.3 is 0 Å². The molecule has 0 amide bonds. The Hall–Kier alpha value is -2.32. The molecule has 1 aliphatic rings. The minimum Gasteiger partial charge on any atom is -0.360 e. The van der Waals surface area contributed by atoms with Crippen molar-refractivity contribution in [2.45, 2.75) is 37.3 Å². The highest BCUT2D eigenvalue weighted by molar-refractivity contribution is 5.75. The van der Waals surface area contributed by atoms with Crippen molar-refractivity contribution in [3.05, 3.63) is 48.0 Å². The third-order valence-electron chi connectivity index (χ3n) is 4.91. The molecule has 1 aliphatic heterocycles. The normalized spacial score (nSPS) is 30.5. The summed E-state index contributed by atoms with van der Waals surface area (Å²) in [5, 5.41) is 6.62. The van der Waals surface area contributed by atoms with Gasteiger partial charge in [-0.2, -0.15) is 10.6 Å². The number of alkyl halides is 2. The van der Waals surface area contributed by atoms with Crippen LogP contribution in [-0.2, 0) is 10.4 Å². The van der Waals surface area contributed by atoms with Gasteiger partial charge in [-0.25, -0.2) is 8.78 Å². The van der Waals surface area contributed by atoms with Crippen molar-refractivity contribution < 1.29 is 13.6 Å². The predicted octanol–water partition coefficient (Wildman–Crippen LogP) is 2.84. The van der Waals surface area contributed by atoms with Gasteiger partial charge in [0.05, 0.1) is 17.2 Å². The zero-order valence-corrected chi connectivity index (χ0v) is 13.2. The summed E-state index contributed by atoms with van der Waals surface area (Å²) in [5.41, 5.74) is 2.99. The molecule has 3 unspecified atom stereocenters. The van der Waals surface area contributed by atoms with Gasteiger partial charge in [0.2, 0.25) is 0 Å². The maximum atomic E-state index is 13.8. The highest BCUT2D eigenvalue weighted by Crippen LogP contribution is 2.52. The summed E-state index contributed by atoms with van der Waals surface area (Å²) < 4.78 is 27.7. The van der Waals surface area contributed by atoms with E-state index in [0.717, 1.165) is 11.0 Å². The molecule has 0 radical (unpaired) electrons. The summed E-state index contributed by atoms with van der Waals surface area (Å²) in [7, 11) is 0. The molecule has 3 N–H and O–H groups in total. The van der Waals surface area contributed by atoms with Crippen molar-refractivity contribution in [1.29, 1.82) is 0 Å². The van der Waals surface area contributed by atoms with Crippen molar-refractivity contribution in [3.63, 3.8) is 0 Å². The van der Waals surface area contributed by atoms with Crippen molar-refractivity contribution >= 4 is 11.0 Å². The van der Waals surface area contributed by atoms with Crippen molar-refractivity contribution in [3.8, 4) is 0 Å². The number of rotatable bonds is 3. The molecule has 1 fully saturated rings. The first-order chi connectivity index (χ1) is 11.4. The fraction of sp³-hybridized carbons (Fsp3) is 0.375. The SMILES string of the molecule is CC1(c2cnc3cc[nH]c3c2)ONC(C)(C(F)F)C1c1cn[nH]c1. The van der Waals surface area contributed by atoms with Crippen LogP contribution in [0, 0.1) is 0 Å². The van der Waals surface area contributed by atoms with Crippen LogP contribution < -0.4 is 5.48 Å². The Morgan fingerprint density at radius 1 is 1.29 bits per heavy atom. The molecule has 0 aliphatic carbocycles. The molecular weight excluding hydrogens is 316 g/mol. The molecule has 0 saturated carbocycles. The molecule has 3 aromatic rings. The van der Waals surface area contributed by atoms with Crippen LogP contribution >= 0.6 is 0 Å². The molecule has 8 heteroatoms. The predicted molar refractivity (Wildman–Crippen MR) is 83.4 cm³/mol. The van der Waals surface area contributed by atoms with Gasteiger partial charge in [0.15, 0.2) is 0 Å². The van der Waals surface area contributed by atoms with Crippen LogP contribution in [-0.4, -0.2) is 32.1 Å². The van der Waals surface area contributed by atoms with Gasteiger partial charge in [0.25, 0.3) is 6.43 Å². The Morgan fingerprint density at radius 2 is 2.12 bits per heavy atom. The lowest BCUT2D eigenvalue weighted by Crippen LogP contribution is -2.48. The lowest BCUT2D eigenvalue weighted by molar-refractivity contribution is -0.0708. The fourth-order valence-electron chi connectivity index (χ4n) is 3.59. The Labute approximate surface area is 136 Å². The number of nitrogens with zero attached hydrogens (tertiary/aromatic N) is 2. The van der Waals surface area contributed by atoms with E-state index in [0.29, 0.717) is 11.1 Å². The summed E-state index contributed by atoms with van der Waals surface area (Å²) in [6, 6.07) is 3.74. The van der Waals surface area contributed by atoms with Gasteiger partial charge in [-0.1, -0.05) is 0 Å². The first kappa shape index (κ1) is 15.2. The zero-order chi connectivity index (χ0) is 16.9. The Morgan fingerprint density at radius 3 is 2.83 bits per heavy atom. The molecule has 1 saturated heterocycles. The number of aromatic amines is 2. The average molecular weight is 333 g/mol. The Bertz CT molecular complexity index is 864. The van der Waals surface area contributed by atoms with Gasteiger partial charge in [0, 0.05) is 30.1 Å². The quantitative estimate of drug-likeness (QED) is 0.689. The molecule has 3 aromatic heterocycles. The number of nitrogens with one attached hydrogen (secondary N) is 3. The van der Waals surface area contributed by atoms with Crippen LogP contribution in [0.2, 0.25) is 0 Å². The van der Waals surface area contributed by atoms with E-state index < -0.39 is 23.5 Å². The third-order valence-corrected chi connectivity index (χ3v) is 4.91. The van der Waals surface area contributed by atoms with Crippen LogP contribution in [0.3, 0.4) is 0 Å². The highest BCUT2D eigenvalue weighted by Gasteiger charge is 2.60. The van der Waals surface area contributed by atoms with E-state index >= 15 is 0 Å². The second kappa shape index (κ2) is 5.09. The van der Waals surface area contributed by atoms with E-state index in [1.807, 2.05) is 12.1 Å². The lowest BCUT2D eigenvalue weighted by Gasteiger charge is -2.34. The van der Waals surface area contributed by atoms with E-state index in [9.17, 15) is 8.78 Å². The molecule has 0 spiro atoms. The molecule has 0 aromatic carbocycles. The van der Waals surface area contributed by atoms with Gasteiger partial charge in [-0.15, -0.1) is 0 Å². The van der Waals surface area contributed by atoms with Crippen LogP contribution in [0.5, 0.6) is 0 Å². The number of halogens is 2. The van der Waals surface area contributed by atoms with E-state index in [1.165, 1.54) is 6.92 Å². The van der Waals surface area contributed by atoms with Crippen LogP contribution in [0.15, 0.2) is 36.9 Å². The number of hydroxylamine groups is 1. The lowest BCUT2D eigenvalue weighted by atomic mass is 9.71. The summed E-state index contributed by atoms with van der Waals surface area (Å²) in [6.07, 6.45) is 4.01. The molecular formula is C16H17F2N5O. The largest absolute Gasteiger partial charge is 0.360 e. The molecule has 0 bridgehead atoms. The van der Waals surface area contributed by atoms with E-state index in [2.05, 4.69) is 25.6 Å². The molecule has 6 nitrogen and oxygen atoms in total. The first-order valence-electron chi connectivity index (χ1n) is 7.61. The van der Waals surface area contributed by atoms with Gasteiger partial charge < -0.3 is 4.98 Å². The van der Waals surface area contributed by atoms with Gasteiger partial charge in [-0.3, -0.25) is 14.9 Å². The number of hydrogen-bond acceptors (Lipinski definition) is 4. The monoisotopic (exact) mass is 333 g/mol. The standard InChI is InChI=1S/C16H17F2N5O/c1-15(14(17)18)13(9-6-21-22-7-9)16(2,24-23-15)10-5-12-11(20-8-10)3-4-19-12/h3-8,13-14,19,23H,1-2H3,(H,21,22). The average Bonchev–Trinajstić information content (AvgIpc) is 3.27. The highest BCUT2D eigenvalue weighted by atomic mass is 19.3. The smallest absolute Gasteiger partial charge is 0.259 e. The maximum absolute atomic E-state index is 13.8. The summed E-state index contributed by atoms with van der Waals surface area (Å²) in [5.74, 6) is -0.655. The van der Waals surface area contributed by atoms with E-state index in [4.69, 9.17) is 4.84 Å². The minimum atomic E-state index is -2.62. The molecule has 4 heterocycles. The van der Waals surface area contributed by atoms with Crippen LogP contribution in [0.4, 0.5) is 8.78 Å². The van der Waals surface area contributed by atoms with E-state index in [1.54, 1.807) is 31.7 Å². The first-order valence-corrected chi connectivity index (χ1v) is 7.61. The molecule has 24 heavy (non-hydrogen) atoms. The fourth-order valence-corrected chi connectivity index (χ4v) is 3.59. The zero-order valence-electron chi connectivity index (χ0n) is 13.2. The van der Waals surface area contributed by atoms with Gasteiger partial charge in [-0.05, 0) is 31.5 Å². The number of pyridine rings is 1. The molecule has 3 atom stereocenters. The number of H-pyrrole nitrogens is 2. The number of aromatic nitrogens is 4. The van der Waals surface area contributed by atoms with Crippen LogP contribution in [0.25, 0.3) is 11.0 Å². The third kappa shape index (κ3) is 1.99. The van der Waals surface area contributed by atoms with Crippen LogP contribution in [0.1, 0.15) is 30.9 Å². The minimum absolute atomic E-state index is 0.650.